The second-order valence-electron chi connectivity index (χ2n) is 5.53. The van der Waals surface area contributed by atoms with E-state index in [0.29, 0.717) is 11.5 Å². The van der Waals surface area contributed by atoms with Crippen molar-refractivity contribution in [3.05, 3.63) is 81.7 Å². The third-order valence-electron chi connectivity index (χ3n) is 3.71. The van der Waals surface area contributed by atoms with E-state index in [1.807, 2.05) is 48.5 Å². The molecule has 0 aliphatic carbocycles. The van der Waals surface area contributed by atoms with Crippen LogP contribution in [0.3, 0.4) is 0 Å². The number of benzene rings is 2. The van der Waals surface area contributed by atoms with Crippen LogP contribution in [0.5, 0.6) is 5.75 Å². The normalized spacial score (nSPS) is 15.6. The summed E-state index contributed by atoms with van der Waals surface area (Å²) in [6.45, 7) is 4.29. The summed E-state index contributed by atoms with van der Waals surface area (Å²) in [5.74, 6) is 0.451. The molecule has 0 spiro atoms. The summed E-state index contributed by atoms with van der Waals surface area (Å²) in [5.41, 5.74) is 1.72. The summed E-state index contributed by atoms with van der Waals surface area (Å²) < 4.78 is 6.31. The number of carbonyl (C=O) groups is 2. The summed E-state index contributed by atoms with van der Waals surface area (Å²) in [6.07, 6.45) is 3.40. The van der Waals surface area contributed by atoms with E-state index in [2.05, 4.69) is 22.5 Å². The van der Waals surface area contributed by atoms with Gasteiger partial charge in [0, 0.05) is 4.47 Å². The number of thioether (sulfide) groups is 1. The molecule has 2 amide bonds. The number of carbonyl (C=O) groups excluding carboxylic acids is 2. The lowest BCUT2D eigenvalue weighted by Crippen LogP contribution is -2.27. The smallest absolute Gasteiger partial charge is 0.293 e. The quantitative estimate of drug-likeness (QED) is 0.464. The molecule has 0 unspecified atom stereocenters. The Hall–Kier alpha value is -2.31. The first kappa shape index (κ1) is 18.5. The van der Waals surface area contributed by atoms with Gasteiger partial charge >= 0.3 is 0 Å². The summed E-state index contributed by atoms with van der Waals surface area (Å²) in [6, 6.07) is 14.9. The molecule has 0 saturated carbocycles. The van der Waals surface area contributed by atoms with Crippen molar-refractivity contribution >= 4 is 44.9 Å². The number of hydrogen-bond acceptors (Lipinski definition) is 4. The van der Waals surface area contributed by atoms with Crippen LogP contribution in [0, 0.1) is 0 Å². The molecule has 0 aromatic heterocycles. The molecular formula is C20H16BrNO3S. The van der Waals surface area contributed by atoms with Gasteiger partial charge in [0.1, 0.15) is 12.4 Å². The van der Waals surface area contributed by atoms with E-state index >= 15 is 0 Å². The number of amides is 2. The zero-order valence-corrected chi connectivity index (χ0v) is 16.3. The van der Waals surface area contributed by atoms with Crippen LogP contribution >= 0.6 is 27.7 Å². The molecule has 1 fully saturated rings. The van der Waals surface area contributed by atoms with Gasteiger partial charge in [-0.2, -0.15) is 0 Å². The van der Waals surface area contributed by atoms with Gasteiger partial charge in [0.05, 0.1) is 11.4 Å². The molecule has 4 nitrogen and oxygen atoms in total. The van der Waals surface area contributed by atoms with E-state index in [9.17, 15) is 9.59 Å². The molecule has 26 heavy (non-hydrogen) atoms. The first-order valence-corrected chi connectivity index (χ1v) is 9.52. The Kier molecular flexibility index (Phi) is 5.96. The lowest BCUT2D eigenvalue weighted by atomic mass is 10.2. The zero-order valence-electron chi connectivity index (χ0n) is 13.9. The monoisotopic (exact) mass is 429 g/mol. The van der Waals surface area contributed by atoms with E-state index in [0.717, 1.165) is 33.1 Å². The lowest BCUT2D eigenvalue weighted by Gasteiger charge is -2.13. The highest BCUT2D eigenvalue weighted by Gasteiger charge is 2.35. The Bertz CT molecular complexity index is 877. The topological polar surface area (TPSA) is 46.6 Å². The summed E-state index contributed by atoms with van der Waals surface area (Å²) >= 11 is 4.41. The van der Waals surface area contributed by atoms with Crippen LogP contribution in [-0.2, 0) is 11.3 Å². The van der Waals surface area contributed by atoms with Gasteiger partial charge in [-0.05, 0) is 47.2 Å². The molecule has 2 aromatic carbocycles. The van der Waals surface area contributed by atoms with Crippen molar-refractivity contribution in [2.75, 3.05) is 6.61 Å². The van der Waals surface area contributed by atoms with Crippen LogP contribution in [0.4, 0.5) is 4.79 Å². The molecule has 132 valence electrons. The van der Waals surface area contributed by atoms with Gasteiger partial charge < -0.3 is 4.74 Å². The number of halogens is 1. The number of nitrogens with zero attached hydrogens (tertiary/aromatic N) is 1. The molecule has 1 aliphatic rings. The lowest BCUT2D eigenvalue weighted by molar-refractivity contribution is -0.123. The van der Waals surface area contributed by atoms with E-state index in [1.165, 1.54) is 4.90 Å². The van der Waals surface area contributed by atoms with E-state index in [4.69, 9.17) is 4.74 Å². The second-order valence-corrected chi connectivity index (χ2v) is 7.38. The molecule has 0 N–H and O–H groups in total. The van der Waals surface area contributed by atoms with Gasteiger partial charge in [-0.1, -0.05) is 58.9 Å². The highest BCUT2D eigenvalue weighted by atomic mass is 79.9. The SMILES string of the molecule is C=CCOc1ccc(/C=C2/SC(=O)N(Cc3ccccc3Br)C2=O)cc1. The fourth-order valence-electron chi connectivity index (χ4n) is 2.40. The maximum Gasteiger partial charge on any atom is 0.293 e. The van der Waals surface area contributed by atoms with E-state index in [-0.39, 0.29) is 17.7 Å². The van der Waals surface area contributed by atoms with Gasteiger partial charge in [0.25, 0.3) is 11.1 Å². The molecule has 1 saturated heterocycles. The number of ether oxygens (including phenoxy) is 1. The van der Waals surface area contributed by atoms with Gasteiger partial charge in [-0.3, -0.25) is 14.5 Å². The Morgan fingerprint density at radius 3 is 2.54 bits per heavy atom. The van der Waals surface area contributed by atoms with Crippen molar-refractivity contribution in [2.45, 2.75) is 6.54 Å². The van der Waals surface area contributed by atoms with Crippen LogP contribution in [0.25, 0.3) is 6.08 Å². The maximum atomic E-state index is 12.6. The average molecular weight is 430 g/mol. The Morgan fingerprint density at radius 2 is 1.85 bits per heavy atom. The minimum atomic E-state index is -0.275. The standard InChI is InChI=1S/C20H16BrNO3S/c1-2-11-25-16-9-7-14(8-10-16)12-18-19(23)22(20(24)26-18)13-15-5-3-4-6-17(15)21/h2-10,12H,1,11,13H2/b18-12+. The van der Waals surface area contributed by atoms with E-state index in [1.54, 1.807) is 12.2 Å². The van der Waals surface area contributed by atoms with Crippen molar-refractivity contribution in [1.29, 1.82) is 0 Å². The first-order valence-electron chi connectivity index (χ1n) is 7.91. The average Bonchev–Trinajstić information content (AvgIpc) is 2.90. The Balaban J connectivity index is 1.74. The largest absolute Gasteiger partial charge is 0.490 e. The summed E-state index contributed by atoms with van der Waals surface area (Å²) in [7, 11) is 0. The molecule has 6 heteroatoms. The van der Waals surface area contributed by atoms with Gasteiger partial charge in [-0.25, -0.2) is 0 Å². The molecule has 3 rings (SSSR count). The first-order chi connectivity index (χ1) is 12.6. The minimum Gasteiger partial charge on any atom is -0.490 e. The van der Waals surface area contributed by atoms with Crippen LogP contribution < -0.4 is 4.74 Å². The van der Waals surface area contributed by atoms with Crippen molar-refractivity contribution in [3.63, 3.8) is 0 Å². The van der Waals surface area contributed by atoms with E-state index < -0.39 is 0 Å². The van der Waals surface area contributed by atoms with Gasteiger partial charge in [0.2, 0.25) is 0 Å². The van der Waals surface area contributed by atoms with Crippen LogP contribution in [0.2, 0.25) is 0 Å². The van der Waals surface area contributed by atoms with Gasteiger partial charge in [0.15, 0.2) is 0 Å². The maximum absolute atomic E-state index is 12.6. The third kappa shape index (κ3) is 4.26. The molecule has 0 atom stereocenters. The fourth-order valence-corrected chi connectivity index (χ4v) is 3.65. The van der Waals surface area contributed by atoms with Crippen molar-refractivity contribution < 1.29 is 14.3 Å². The molecule has 0 radical (unpaired) electrons. The number of hydrogen-bond donors (Lipinski definition) is 0. The third-order valence-corrected chi connectivity index (χ3v) is 5.39. The molecule has 1 aliphatic heterocycles. The molecule has 1 heterocycles. The van der Waals surface area contributed by atoms with Crippen molar-refractivity contribution in [1.82, 2.24) is 4.90 Å². The summed E-state index contributed by atoms with van der Waals surface area (Å²) in [5, 5.41) is -0.261. The predicted molar refractivity (Wildman–Crippen MR) is 108 cm³/mol. The molecule has 0 bridgehead atoms. The van der Waals surface area contributed by atoms with Crippen molar-refractivity contribution in [3.8, 4) is 5.75 Å². The Labute approximate surface area is 164 Å². The molecular weight excluding hydrogens is 414 g/mol. The fraction of sp³-hybridized carbons (Fsp3) is 0.100. The predicted octanol–water partition coefficient (Wildman–Crippen LogP) is 5.25. The van der Waals surface area contributed by atoms with Crippen LogP contribution in [-0.4, -0.2) is 22.7 Å². The van der Waals surface area contributed by atoms with Crippen molar-refractivity contribution in [2.24, 2.45) is 0 Å². The number of rotatable bonds is 6. The molecule has 2 aromatic rings. The zero-order chi connectivity index (χ0) is 18.5. The van der Waals surface area contributed by atoms with Crippen LogP contribution in [0.15, 0.2) is 70.6 Å². The number of imide groups is 1. The highest BCUT2D eigenvalue weighted by molar-refractivity contribution is 9.10. The minimum absolute atomic E-state index is 0.248. The van der Waals surface area contributed by atoms with Crippen LogP contribution in [0.1, 0.15) is 11.1 Å². The highest BCUT2D eigenvalue weighted by Crippen LogP contribution is 2.34. The second kappa shape index (κ2) is 8.38. The summed E-state index contributed by atoms with van der Waals surface area (Å²) in [4.78, 5) is 26.5. The van der Waals surface area contributed by atoms with Gasteiger partial charge in [-0.15, -0.1) is 0 Å². The Morgan fingerprint density at radius 1 is 1.12 bits per heavy atom.